The summed E-state index contributed by atoms with van der Waals surface area (Å²) in [7, 11) is 0. The van der Waals surface area contributed by atoms with Crippen molar-refractivity contribution in [2.75, 3.05) is 5.32 Å². The highest BCUT2D eigenvalue weighted by atomic mass is 32.1. The summed E-state index contributed by atoms with van der Waals surface area (Å²) in [5.74, 6) is 0.248. The van der Waals surface area contributed by atoms with Crippen LogP contribution in [0.25, 0.3) is 15.8 Å². The third-order valence-electron chi connectivity index (χ3n) is 2.51. The summed E-state index contributed by atoms with van der Waals surface area (Å²) in [5, 5.41) is 25.3. The molecule has 0 bridgehead atoms. The molecule has 3 N–H and O–H groups in total. The summed E-state index contributed by atoms with van der Waals surface area (Å²) in [4.78, 5) is 3.09. The van der Waals surface area contributed by atoms with Crippen LogP contribution in [0.15, 0.2) is 24.4 Å². The maximum absolute atomic E-state index is 9.05. The number of benzene rings is 1. The van der Waals surface area contributed by atoms with E-state index in [2.05, 4.69) is 30.9 Å². The van der Waals surface area contributed by atoms with E-state index >= 15 is 0 Å². The van der Waals surface area contributed by atoms with Crippen LogP contribution >= 0.6 is 23.6 Å². The van der Waals surface area contributed by atoms with Gasteiger partial charge in [-0.25, -0.2) is 0 Å². The van der Waals surface area contributed by atoms with E-state index in [1.807, 2.05) is 24.3 Å². The molecule has 9 heteroatoms. The molecule has 2 heterocycles. The van der Waals surface area contributed by atoms with Gasteiger partial charge in [0.1, 0.15) is 11.6 Å². The molecule has 0 spiro atoms. The zero-order valence-electron chi connectivity index (χ0n) is 9.91. The van der Waals surface area contributed by atoms with Gasteiger partial charge in [-0.2, -0.15) is 10.5 Å². The zero-order chi connectivity index (χ0) is 13.9. The van der Waals surface area contributed by atoms with Crippen LogP contribution in [0.2, 0.25) is 0 Å². The van der Waals surface area contributed by atoms with Crippen LogP contribution in [0, 0.1) is 15.3 Å². The van der Waals surface area contributed by atoms with Gasteiger partial charge in [-0.15, -0.1) is 21.5 Å². The lowest BCUT2D eigenvalue weighted by Gasteiger charge is -2.00. The molecule has 20 heavy (non-hydrogen) atoms. The summed E-state index contributed by atoms with van der Waals surface area (Å²) in [6.07, 6.45) is 1.54. The first-order valence-corrected chi connectivity index (χ1v) is 6.72. The molecule has 3 rings (SSSR count). The number of tetrazole rings is 1. The van der Waals surface area contributed by atoms with Crippen LogP contribution in [0.5, 0.6) is 0 Å². The number of nitrogens with one attached hydrogen (secondary N) is 3. The standard InChI is InChI=1S/C11H7N7S2/c12-4-6(10-15-17-18-16-10)5-13-7-1-2-8-9(3-7)20-11(19)14-8/h1-3,5,13H,(H,14,19)(H,15,16,17,18). The monoisotopic (exact) mass is 301 g/mol. The van der Waals surface area contributed by atoms with Crippen LogP contribution in [0.3, 0.4) is 0 Å². The van der Waals surface area contributed by atoms with Gasteiger partial charge in [-0.1, -0.05) is 0 Å². The average Bonchev–Trinajstić information content (AvgIpc) is 3.07. The van der Waals surface area contributed by atoms with Crippen molar-refractivity contribution in [3.63, 3.8) is 0 Å². The van der Waals surface area contributed by atoms with Gasteiger partial charge in [0.2, 0.25) is 5.82 Å². The van der Waals surface area contributed by atoms with Crippen LogP contribution in [-0.2, 0) is 0 Å². The zero-order valence-corrected chi connectivity index (χ0v) is 11.5. The molecule has 0 saturated heterocycles. The third kappa shape index (κ3) is 2.42. The first kappa shape index (κ1) is 12.5. The highest BCUT2D eigenvalue weighted by Gasteiger charge is 2.05. The quantitative estimate of drug-likeness (QED) is 0.507. The predicted molar refractivity (Wildman–Crippen MR) is 78.4 cm³/mol. The number of thiazole rings is 1. The van der Waals surface area contributed by atoms with Crippen LogP contribution in [0.1, 0.15) is 5.82 Å². The average molecular weight is 301 g/mol. The van der Waals surface area contributed by atoms with Gasteiger partial charge in [0.25, 0.3) is 0 Å². The molecule has 0 radical (unpaired) electrons. The lowest BCUT2D eigenvalue weighted by Crippen LogP contribution is -1.92. The Morgan fingerprint density at radius 2 is 2.40 bits per heavy atom. The van der Waals surface area contributed by atoms with Crippen molar-refractivity contribution in [2.24, 2.45) is 0 Å². The second kappa shape index (κ2) is 5.20. The molecule has 2 aromatic heterocycles. The van der Waals surface area contributed by atoms with E-state index < -0.39 is 0 Å². The number of fused-ring (bicyclic) bond motifs is 1. The van der Waals surface area contributed by atoms with E-state index in [1.54, 1.807) is 0 Å². The number of rotatable bonds is 3. The van der Waals surface area contributed by atoms with Crippen molar-refractivity contribution < 1.29 is 0 Å². The fourth-order valence-electron chi connectivity index (χ4n) is 1.61. The summed E-state index contributed by atoms with van der Waals surface area (Å²) in [5.41, 5.74) is 2.13. The number of nitrogens with zero attached hydrogens (tertiary/aromatic N) is 4. The molecule has 3 aromatic rings. The van der Waals surface area contributed by atoms with Crippen LogP contribution < -0.4 is 5.32 Å². The van der Waals surface area contributed by atoms with Gasteiger partial charge in [0, 0.05) is 11.9 Å². The molecule has 7 nitrogen and oxygen atoms in total. The Bertz CT molecular complexity index is 866. The second-order valence-electron chi connectivity index (χ2n) is 3.78. The van der Waals surface area contributed by atoms with Gasteiger partial charge in [0.05, 0.1) is 10.2 Å². The highest BCUT2D eigenvalue weighted by molar-refractivity contribution is 7.73. The number of hydrogen-bond donors (Lipinski definition) is 3. The largest absolute Gasteiger partial charge is 0.360 e. The Balaban J connectivity index is 1.89. The summed E-state index contributed by atoms with van der Waals surface area (Å²) in [6.45, 7) is 0. The molecular weight excluding hydrogens is 294 g/mol. The lowest BCUT2D eigenvalue weighted by atomic mass is 10.3. The first-order valence-electron chi connectivity index (χ1n) is 5.50. The van der Waals surface area contributed by atoms with Gasteiger partial charge < -0.3 is 10.3 Å². The number of hydrogen-bond acceptors (Lipinski definition) is 7. The first-order chi connectivity index (χ1) is 9.76. The van der Waals surface area contributed by atoms with Gasteiger partial charge in [0.15, 0.2) is 3.95 Å². The predicted octanol–water partition coefficient (Wildman–Crippen LogP) is 2.45. The Kier molecular flexibility index (Phi) is 3.24. The SMILES string of the molecule is N#CC(=CNc1ccc2[nH]c(=S)sc2c1)c1nn[nH]n1. The lowest BCUT2D eigenvalue weighted by molar-refractivity contribution is 0.881. The van der Waals surface area contributed by atoms with Crippen LogP contribution in [-0.4, -0.2) is 25.6 Å². The molecule has 98 valence electrons. The molecule has 1 aromatic carbocycles. The minimum absolute atomic E-state index is 0.248. The maximum Gasteiger partial charge on any atom is 0.216 e. The molecule has 0 aliphatic carbocycles. The molecule has 0 atom stereocenters. The molecule has 0 amide bonds. The number of allylic oxidation sites excluding steroid dienone is 1. The minimum atomic E-state index is 0.248. The number of aromatic amines is 2. The Morgan fingerprint density at radius 1 is 1.50 bits per heavy atom. The molecule has 0 saturated carbocycles. The second-order valence-corrected chi connectivity index (χ2v) is 5.49. The van der Waals surface area contributed by atoms with E-state index in [-0.39, 0.29) is 5.82 Å². The molecule has 0 aliphatic rings. The summed E-state index contributed by atoms with van der Waals surface area (Å²) >= 11 is 6.59. The summed E-state index contributed by atoms with van der Waals surface area (Å²) in [6, 6.07) is 7.78. The van der Waals surface area contributed by atoms with Gasteiger partial charge in [-0.05, 0) is 35.6 Å². The van der Waals surface area contributed by atoms with Gasteiger partial charge in [-0.3, -0.25) is 0 Å². The minimum Gasteiger partial charge on any atom is -0.360 e. The number of anilines is 1. The molecular formula is C11H7N7S2. The maximum atomic E-state index is 9.05. The van der Waals surface area contributed by atoms with Crippen molar-refractivity contribution in [1.29, 1.82) is 5.26 Å². The van der Waals surface area contributed by atoms with Crippen molar-refractivity contribution in [2.45, 2.75) is 0 Å². The van der Waals surface area contributed by atoms with Crippen molar-refractivity contribution in [3.05, 3.63) is 34.2 Å². The Hall–Kier alpha value is -2.57. The van der Waals surface area contributed by atoms with Crippen molar-refractivity contribution >= 4 is 45.0 Å². The van der Waals surface area contributed by atoms with Crippen molar-refractivity contribution in [3.8, 4) is 6.07 Å². The molecule has 0 fully saturated rings. The molecule has 0 unspecified atom stereocenters. The van der Waals surface area contributed by atoms with Crippen molar-refractivity contribution in [1.82, 2.24) is 25.6 Å². The molecule has 0 aliphatic heterocycles. The summed E-state index contributed by atoms with van der Waals surface area (Å²) < 4.78 is 1.78. The number of H-pyrrole nitrogens is 2. The fourth-order valence-corrected chi connectivity index (χ4v) is 2.77. The van der Waals surface area contributed by atoms with E-state index in [1.165, 1.54) is 17.5 Å². The smallest absolute Gasteiger partial charge is 0.216 e. The third-order valence-corrected chi connectivity index (χ3v) is 3.71. The van der Waals surface area contributed by atoms with Crippen LogP contribution in [0.4, 0.5) is 5.69 Å². The Labute approximate surface area is 122 Å². The number of nitriles is 1. The number of aromatic nitrogens is 5. The van der Waals surface area contributed by atoms with E-state index in [0.29, 0.717) is 5.57 Å². The Morgan fingerprint density at radius 3 is 3.15 bits per heavy atom. The fraction of sp³-hybridized carbons (Fsp3) is 0. The highest BCUT2D eigenvalue weighted by Crippen LogP contribution is 2.23. The van der Waals surface area contributed by atoms with Gasteiger partial charge >= 0.3 is 0 Å². The van der Waals surface area contributed by atoms with E-state index in [0.717, 1.165) is 19.9 Å². The van der Waals surface area contributed by atoms with E-state index in [4.69, 9.17) is 17.5 Å². The topological polar surface area (TPSA) is 106 Å². The van der Waals surface area contributed by atoms with E-state index in [9.17, 15) is 0 Å². The normalized spacial score (nSPS) is 11.4.